The van der Waals surface area contributed by atoms with Crippen molar-refractivity contribution in [1.29, 1.82) is 0 Å². The fraction of sp³-hybridized carbons (Fsp3) is 0.515. The molecule has 1 unspecified atom stereocenters. The summed E-state index contributed by atoms with van der Waals surface area (Å²) in [5, 5.41) is 17.5. The second-order valence-electron chi connectivity index (χ2n) is 13.4. The molecular formula is C33H40FN7O4. The molecule has 2 saturated heterocycles. The average Bonchev–Trinajstić information content (AvgIpc) is 3.71. The van der Waals surface area contributed by atoms with Crippen molar-refractivity contribution >= 4 is 34.2 Å². The summed E-state index contributed by atoms with van der Waals surface area (Å²) in [6.07, 6.45) is 4.56. The fourth-order valence-corrected chi connectivity index (χ4v) is 7.46. The maximum Gasteiger partial charge on any atom is 0.322 e. The summed E-state index contributed by atoms with van der Waals surface area (Å²) in [5.74, 6) is 0.275. The van der Waals surface area contributed by atoms with Crippen LogP contribution < -0.4 is 25.2 Å². The van der Waals surface area contributed by atoms with E-state index in [-0.39, 0.29) is 28.9 Å². The third kappa shape index (κ3) is 5.38. The van der Waals surface area contributed by atoms with Gasteiger partial charge in [0, 0.05) is 47.8 Å². The van der Waals surface area contributed by atoms with Crippen LogP contribution in [-0.2, 0) is 24.2 Å². The first-order chi connectivity index (χ1) is 21.6. The van der Waals surface area contributed by atoms with E-state index in [0.29, 0.717) is 64.0 Å². The number of rotatable bonds is 8. The van der Waals surface area contributed by atoms with Gasteiger partial charge in [-0.1, -0.05) is 13.0 Å². The number of nitrogens with zero attached hydrogens (tertiary/aromatic N) is 5. The summed E-state index contributed by atoms with van der Waals surface area (Å²) in [6, 6.07) is 6.37. The van der Waals surface area contributed by atoms with Gasteiger partial charge in [-0.2, -0.15) is 9.97 Å². The van der Waals surface area contributed by atoms with Crippen molar-refractivity contribution in [3.63, 3.8) is 0 Å². The van der Waals surface area contributed by atoms with E-state index in [0.717, 1.165) is 52.9 Å². The van der Waals surface area contributed by atoms with Crippen molar-refractivity contribution in [3.8, 4) is 11.8 Å². The number of aromatic hydroxyl groups is 1. The van der Waals surface area contributed by atoms with E-state index < -0.39 is 11.6 Å². The molecule has 0 radical (unpaired) electrons. The highest BCUT2D eigenvalue weighted by Crippen LogP contribution is 2.46. The average molecular weight is 618 g/mol. The monoisotopic (exact) mass is 617 g/mol. The van der Waals surface area contributed by atoms with Crippen LogP contribution in [0.15, 0.2) is 24.3 Å². The zero-order valence-electron chi connectivity index (χ0n) is 26.1. The molecule has 1 spiro atoms. The van der Waals surface area contributed by atoms with Crippen molar-refractivity contribution < 1.29 is 23.8 Å². The molecular weight excluding hydrogens is 577 g/mol. The molecule has 1 saturated carbocycles. The van der Waals surface area contributed by atoms with Crippen molar-refractivity contribution in [2.24, 2.45) is 5.41 Å². The van der Waals surface area contributed by atoms with Crippen LogP contribution in [0.1, 0.15) is 49.4 Å². The minimum Gasteiger partial charge on any atom is -0.508 e. The van der Waals surface area contributed by atoms with Crippen molar-refractivity contribution in [1.82, 2.24) is 25.5 Å². The molecule has 45 heavy (non-hydrogen) atoms. The Morgan fingerprint density at radius 1 is 1.11 bits per heavy atom. The van der Waals surface area contributed by atoms with Gasteiger partial charge in [-0.3, -0.25) is 10.1 Å². The third-order valence-electron chi connectivity index (χ3n) is 9.77. The Bertz CT molecular complexity index is 1690. The molecule has 4 heterocycles. The summed E-state index contributed by atoms with van der Waals surface area (Å²) in [6.45, 7) is 5.36. The van der Waals surface area contributed by atoms with Gasteiger partial charge in [-0.15, -0.1) is 0 Å². The zero-order chi connectivity index (χ0) is 31.5. The second-order valence-corrected chi connectivity index (χ2v) is 13.4. The van der Waals surface area contributed by atoms with Gasteiger partial charge in [0.2, 0.25) is 0 Å². The van der Waals surface area contributed by atoms with Crippen molar-refractivity contribution in [2.75, 3.05) is 56.7 Å². The van der Waals surface area contributed by atoms with Crippen molar-refractivity contribution in [3.05, 3.63) is 46.9 Å². The normalized spacial score (nSPS) is 22.2. The standard InChI is InChI=1S/C33H40FN7O4/c1-4-22-24(34)7-6-20-14-21(42)15-26(27(20)22)40-13-8-23-25(16-40)35-31(45-19-32(10-11-32)17-39(2)3)36-28(23)41-12-5-9-33(18-41)29(43)37-30(44)38-33/h6-7,14-15,42H,4-5,8-13,16-19H2,1-3H3,(H2,37,38,43,44). The summed E-state index contributed by atoms with van der Waals surface area (Å²) in [4.78, 5) is 41.3. The number of hydrogen-bond acceptors (Lipinski definition) is 9. The largest absolute Gasteiger partial charge is 0.508 e. The van der Waals surface area contributed by atoms with Crippen LogP contribution in [0.25, 0.3) is 10.8 Å². The molecule has 0 bridgehead atoms. The van der Waals surface area contributed by atoms with E-state index in [2.05, 4.69) is 39.4 Å². The molecule has 3 aliphatic heterocycles. The third-order valence-corrected chi connectivity index (χ3v) is 9.77. The Hall–Kier alpha value is -4.19. The number of amides is 3. The number of aromatic nitrogens is 2. The number of phenols is 1. The van der Waals surface area contributed by atoms with Crippen LogP contribution >= 0.6 is 0 Å². The smallest absolute Gasteiger partial charge is 0.322 e. The summed E-state index contributed by atoms with van der Waals surface area (Å²) in [5.41, 5.74) is 2.23. The first-order valence-corrected chi connectivity index (χ1v) is 15.8. The molecule has 3 N–H and O–H groups in total. The SMILES string of the molecule is CCc1c(F)ccc2cc(O)cc(N3CCc4c(nc(OCC5(CN(C)C)CC5)nc4N4CCCC5(C4)NC(=O)NC5=O)C3)c12. The molecule has 3 fully saturated rings. The summed E-state index contributed by atoms with van der Waals surface area (Å²) >= 11 is 0. The second kappa shape index (κ2) is 11.0. The Kier molecular flexibility index (Phi) is 7.22. The first-order valence-electron chi connectivity index (χ1n) is 15.8. The van der Waals surface area contributed by atoms with E-state index in [9.17, 15) is 19.1 Å². The van der Waals surface area contributed by atoms with E-state index in [4.69, 9.17) is 14.7 Å². The lowest BCUT2D eigenvalue weighted by Crippen LogP contribution is -2.59. The molecule has 3 amide bonds. The summed E-state index contributed by atoms with van der Waals surface area (Å²) < 4.78 is 21.3. The lowest BCUT2D eigenvalue weighted by atomic mass is 9.88. The molecule has 2 aromatic carbocycles. The number of imide groups is 1. The van der Waals surface area contributed by atoms with Crippen LogP contribution in [0.4, 0.5) is 20.7 Å². The number of fused-ring (bicyclic) bond motifs is 2. The molecule has 1 aliphatic carbocycles. The number of carbonyl (C=O) groups excluding carboxylic acids is 2. The Labute approximate surface area is 261 Å². The van der Waals surface area contributed by atoms with Gasteiger partial charge >= 0.3 is 12.0 Å². The molecule has 7 rings (SSSR count). The topological polar surface area (TPSA) is 123 Å². The van der Waals surface area contributed by atoms with Crippen LogP contribution in [0.3, 0.4) is 0 Å². The lowest BCUT2D eigenvalue weighted by molar-refractivity contribution is -0.124. The number of nitrogens with one attached hydrogen (secondary N) is 2. The van der Waals surface area contributed by atoms with E-state index in [1.165, 1.54) is 6.07 Å². The number of urea groups is 1. The number of halogens is 1. The molecule has 12 heteroatoms. The minimum atomic E-state index is -1.00. The summed E-state index contributed by atoms with van der Waals surface area (Å²) in [7, 11) is 4.13. The maximum atomic E-state index is 15.0. The van der Waals surface area contributed by atoms with E-state index in [1.54, 1.807) is 18.2 Å². The van der Waals surface area contributed by atoms with Gasteiger partial charge in [-0.25, -0.2) is 9.18 Å². The molecule has 3 aromatic rings. The number of phenolic OH excluding ortho intramolecular Hbond substituents is 1. The van der Waals surface area contributed by atoms with E-state index in [1.807, 2.05) is 6.92 Å². The molecule has 11 nitrogen and oxygen atoms in total. The highest BCUT2D eigenvalue weighted by Gasteiger charge is 2.49. The van der Waals surface area contributed by atoms with Crippen LogP contribution in [0.2, 0.25) is 0 Å². The Morgan fingerprint density at radius 3 is 2.64 bits per heavy atom. The Balaban J connectivity index is 1.26. The first kappa shape index (κ1) is 29.5. The zero-order valence-corrected chi connectivity index (χ0v) is 26.1. The Morgan fingerprint density at radius 2 is 1.93 bits per heavy atom. The lowest BCUT2D eigenvalue weighted by Gasteiger charge is -2.40. The predicted octanol–water partition coefficient (Wildman–Crippen LogP) is 3.50. The van der Waals surface area contributed by atoms with Crippen LogP contribution in [-0.4, -0.2) is 84.3 Å². The van der Waals surface area contributed by atoms with Gasteiger partial charge in [0.15, 0.2) is 0 Å². The fourth-order valence-electron chi connectivity index (χ4n) is 7.46. The van der Waals surface area contributed by atoms with Crippen LogP contribution in [0.5, 0.6) is 11.8 Å². The van der Waals surface area contributed by atoms with Crippen LogP contribution in [0, 0.1) is 11.2 Å². The van der Waals surface area contributed by atoms with Gasteiger partial charge in [0.05, 0.1) is 25.4 Å². The van der Waals surface area contributed by atoms with Gasteiger partial charge in [0.1, 0.15) is 22.9 Å². The molecule has 1 aromatic heterocycles. The van der Waals surface area contributed by atoms with Gasteiger partial charge in [-0.05, 0) is 75.7 Å². The quantitative estimate of drug-likeness (QED) is 0.326. The highest BCUT2D eigenvalue weighted by atomic mass is 19.1. The van der Waals surface area contributed by atoms with E-state index >= 15 is 0 Å². The predicted molar refractivity (Wildman–Crippen MR) is 168 cm³/mol. The highest BCUT2D eigenvalue weighted by molar-refractivity contribution is 6.07. The maximum absolute atomic E-state index is 15.0. The number of anilines is 2. The number of benzene rings is 2. The number of aryl methyl sites for hydroxylation is 1. The number of ether oxygens (including phenoxy) is 1. The molecule has 1 atom stereocenters. The molecule has 4 aliphatic rings. The number of carbonyl (C=O) groups is 2. The van der Waals surface area contributed by atoms with Gasteiger partial charge in [0.25, 0.3) is 5.91 Å². The number of piperidine rings is 1. The minimum absolute atomic E-state index is 0.0808. The van der Waals surface area contributed by atoms with Crippen molar-refractivity contribution in [2.45, 2.75) is 57.5 Å². The van der Waals surface area contributed by atoms with Gasteiger partial charge < -0.3 is 29.9 Å². The molecule has 238 valence electrons. The number of hydrogen-bond donors (Lipinski definition) is 3.